The number of anilines is 1. The molecule has 6 heteroatoms. The van der Waals surface area contributed by atoms with Gasteiger partial charge in [-0.25, -0.2) is 0 Å². The van der Waals surface area contributed by atoms with Crippen LogP contribution in [0, 0.1) is 0 Å². The summed E-state index contributed by atoms with van der Waals surface area (Å²) in [7, 11) is 0. The van der Waals surface area contributed by atoms with E-state index in [1.165, 1.54) is 11.8 Å². The summed E-state index contributed by atoms with van der Waals surface area (Å²) in [5.74, 6) is 0.192. The molecule has 2 amide bonds. The molecule has 0 fully saturated rings. The number of nitrogens with zero attached hydrogens (tertiary/aromatic N) is 1. The molecule has 1 aliphatic heterocycles. The van der Waals surface area contributed by atoms with E-state index in [0.717, 1.165) is 29.7 Å². The quantitative estimate of drug-likeness (QED) is 0.876. The second-order valence-corrected chi connectivity index (χ2v) is 6.81. The van der Waals surface area contributed by atoms with Gasteiger partial charge in [-0.05, 0) is 42.2 Å². The first-order chi connectivity index (χ1) is 11.7. The minimum Gasteiger partial charge on any atom is -0.351 e. The van der Waals surface area contributed by atoms with Crippen LogP contribution in [0.25, 0.3) is 0 Å². The van der Waals surface area contributed by atoms with Crippen molar-refractivity contribution in [3.8, 4) is 0 Å². The third-order valence-electron chi connectivity index (χ3n) is 3.90. The van der Waals surface area contributed by atoms with Crippen LogP contribution in [0.2, 0.25) is 0 Å². The van der Waals surface area contributed by atoms with E-state index in [1.54, 1.807) is 12.4 Å². The Labute approximate surface area is 145 Å². The van der Waals surface area contributed by atoms with Crippen LogP contribution in [0.5, 0.6) is 0 Å². The molecule has 0 bridgehead atoms. The fourth-order valence-corrected chi connectivity index (χ4v) is 3.53. The maximum Gasteiger partial charge on any atom is 0.237 e. The first kappa shape index (κ1) is 16.5. The third kappa shape index (κ3) is 4.35. The van der Waals surface area contributed by atoms with Crippen LogP contribution >= 0.6 is 11.8 Å². The van der Waals surface area contributed by atoms with Gasteiger partial charge in [0, 0.05) is 24.6 Å². The normalized spacial score (nSPS) is 16.7. The van der Waals surface area contributed by atoms with Crippen LogP contribution in [0.15, 0.2) is 48.8 Å². The number of nitrogens with one attached hydrogen (secondary N) is 2. The molecule has 0 aliphatic carbocycles. The second kappa shape index (κ2) is 7.97. The molecular weight excluding hydrogens is 322 g/mol. The Morgan fingerprint density at radius 1 is 1.25 bits per heavy atom. The zero-order valence-corrected chi connectivity index (χ0v) is 14.0. The van der Waals surface area contributed by atoms with Gasteiger partial charge in [-0.15, -0.1) is 11.8 Å². The molecular formula is C18H19N3O2S. The molecule has 1 aliphatic rings. The number of hydrogen-bond donors (Lipinski definition) is 2. The molecule has 0 saturated heterocycles. The molecule has 0 saturated carbocycles. The summed E-state index contributed by atoms with van der Waals surface area (Å²) >= 11 is 1.40. The Balaban J connectivity index is 1.48. The van der Waals surface area contributed by atoms with Crippen LogP contribution < -0.4 is 10.6 Å². The minimum atomic E-state index is -0.205. The summed E-state index contributed by atoms with van der Waals surface area (Å²) in [5.41, 5.74) is 3.04. The Hall–Kier alpha value is -2.34. The summed E-state index contributed by atoms with van der Waals surface area (Å²) in [4.78, 5) is 28.2. The summed E-state index contributed by atoms with van der Waals surface area (Å²) < 4.78 is 0. The lowest BCUT2D eigenvalue weighted by molar-refractivity contribution is -0.118. The van der Waals surface area contributed by atoms with Gasteiger partial charge in [-0.1, -0.05) is 18.2 Å². The molecule has 2 N–H and O–H groups in total. The molecule has 0 unspecified atom stereocenters. The van der Waals surface area contributed by atoms with Crippen molar-refractivity contribution in [2.75, 3.05) is 11.1 Å². The lowest BCUT2D eigenvalue weighted by atomic mass is 10.1. The van der Waals surface area contributed by atoms with Gasteiger partial charge in [-0.2, -0.15) is 0 Å². The fraction of sp³-hybridized carbons (Fsp3) is 0.278. The average molecular weight is 341 g/mol. The molecule has 24 heavy (non-hydrogen) atoms. The summed E-state index contributed by atoms with van der Waals surface area (Å²) in [5, 5.41) is 5.62. The predicted octanol–water partition coefficient (Wildman–Crippen LogP) is 2.38. The number of thioether (sulfide) groups is 1. The maximum absolute atomic E-state index is 12.3. The molecule has 2 heterocycles. The van der Waals surface area contributed by atoms with Crippen molar-refractivity contribution >= 4 is 29.3 Å². The Morgan fingerprint density at radius 2 is 2.04 bits per heavy atom. The Kier molecular flexibility index (Phi) is 5.48. The van der Waals surface area contributed by atoms with E-state index in [1.807, 2.05) is 36.4 Å². The van der Waals surface area contributed by atoms with Gasteiger partial charge in [0.2, 0.25) is 11.8 Å². The number of fused-ring (bicyclic) bond motifs is 1. The SMILES string of the molecule is O=C(CS[C@H]1CCc2ccccc2NC1=O)NCc1ccncc1. The predicted molar refractivity (Wildman–Crippen MR) is 95.7 cm³/mol. The van der Waals surface area contributed by atoms with Crippen molar-refractivity contribution in [3.63, 3.8) is 0 Å². The number of pyridine rings is 1. The lowest BCUT2D eigenvalue weighted by Gasteiger charge is -2.12. The van der Waals surface area contributed by atoms with Gasteiger partial charge in [0.15, 0.2) is 0 Å². The highest BCUT2D eigenvalue weighted by molar-refractivity contribution is 8.01. The van der Waals surface area contributed by atoms with Crippen molar-refractivity contribution in [2.24, 2.45) is 0 Å². The van der Waals surface area contributed by atoms with E-state index in [2.05, 4.69) is 15.6 Å². The van der Waals surface area contributed by atoms with Gasteiger partial charge in [0.25, 0.3) is 0 Å². The monoisotopic (exact) mass is 341 g/mol. The van der Waals surface area contributed by atoms with Gasteiger partial charge >= 0.3 is 0 Å². The molecule has 5 nitrogen and oxygen atoms in total. The van der Waals surface area contributed by atoms with Crippen molar-refractivity contribution in [1.29, 1.82) is 0 Å². The summed E-state index contributed by atoms with van der Waals surface area (Å²) in [6.07, 6.45) is 4.98. The number of aromatic nitrogens is 1. The number of carbonyl (C=O) groups excluding carboxylic acids is 2. The van der Waals surface area contributed by atoms with Crippen molar-refractivity contribution in [1.82, 2.24) is 10.3 Å². The first-order valence-electron chi connectivity index (χ1n) is 7.88. The number of hydrogen-bond acceptors (Lipinski definition) is 4. The third-order valence-corrected chi connectivity index (χ3v) is 5.18. The molecule has 1 atom stereocenters. The van der Waals surface area contributed by atoms with Crippen molar-refractivity contribution in [2.45, 2.75) is 24.6 Å². The summed E-state index contributed by atoms with van der Waals surface area (Å²) in [6.45, 7) is 0.476. The lowest BCUT2D eigenvalue weighted by Crippen LogP contribution is -2.29. The van der Waals surface area contributed by atoms with Crippen molar-refractivity contribution in [3.05, 3.63) is 59.9 Å². The van der Waals surface area contributed by atoms with Crippen LogP contribution in [-0.4, -0.2) is 27.8 Å². The van der Waals surface area contributed by atoms with Gasteiger partial charge in [0.05, 0.1) is 11.0 Å². The van der Waals surface area contributed by atoms with E-state index >= 15 is 0 Å². The maximum atomic E-state index is 12.3. The molecule has 3 rings (SSSR count). The minimum absolute atomic E-state index is 0.0214. The number of benzene rings is 1. The summed E-state index contributed by atoms with van der Waals surface area (Å²) in [6, 6.07) is 11.6. The molecule has 124 valence electrons. The number of amides is 2. The largest absolute Gasteiger partial charge is 0.351 e. The zero-order valence-electron chi connectivity index (χ0n) is 13.2. The highest BCUT2D eigenvalue weighted by Gasteiger charge is 2.24. The van der Waals surface area contributed by atoms with Gasteiger partial charge in [-0.3, -0.25) is 14.6 Å². The van der Waals surface area contributed by atoms with E-state index < -0.39 is 0 Å². The van der Waals surface area contributed by atoms with Gasteiger partial charge in [0.1, 0.15) is 0 Å². The molecule has 0 spiro atoms. The molecule has 1 aromatic carbocycles. The van der Waals surface area contributed by atoms with E-state index in [9.17, 15) is 9.59 Å². The van der Waals surface area contributed by atoms with Crippen LogP contribution in [0.1, 0.15) is 17.5 Å². The van der Waals surface area contributed by atoms with Crippen LogP contribution in [0.4, 0.5) is 5.69 Å². The second-order valence-electron chi connectivity index (χ2n) is 5.62. The zero-order chi connectivity index (χ0) is 16.8. The van der Waals surface area contributed by atoms with E-state index in [0.29, 0.717) is 6.54 Å². The topological polar surface area (TPSA) is 71.1 Å². The fourth-order valence-electron chi connectivity index (χ4n) is 2.58. The Bertz CT molecular complexity index is 721. The van der Waals surface area contributed by atoms with Crippen LogP contribution in [0.3, 0.4) is 0 Å². The molecule has 2 aromatic rings. The highest BCUT2D eigenvalue weighted by Crippen LogP contribution is 2.26. The Morgan fingerprint density at radius 3 is 2.88 bits per heavy atom. The van der Waals surface area contributed by atoms with E-state index in [4.69, 9.17) is 0 Å². The number of carbonyl (C=O) groups is 2. The number of para-hydroxylation sites is 1. The van der Waals surface area contributed by atoms with E-state index in [-0.39, 0.29) is 22.8 Å². The molecule has 0 radical (unpaired) electrons. The highest BCUT2D eigenvalue weighted by atomic mass is 32.2. The average Bonchev–Trinajstić information content (AvgIpc) is 2.77. The van der Waals surface area contributed by atoms with Gasteiger partial charge < -0.3 is 10.6 Å². The van der Waals surface area contributed by atoms with Crippen LogP contribution in [-0.2, 0) is 22.6 Å². The molecule has 1 aromatic heterocycles. The van der Waals surface area contributed by atoms with Crippen molar-refractivity contribution < 1.29 is 9.59 Å². The standard InChI is InChI=1S/C18H19N3O2S/c22-17(20-11-13-7-9-19-10-8-13)12-24-16-6-5-14-3-1-2-4-15(14)21-18(16)23/h1-4,7-10,16H,5-6,11-12H2,(H,20,22)(H,21,23)/t16-/m0/s1. The smallest absolute Gasteiger partial charge is 0.237 e. The number of rotatable bonds is 5. The number of aryl methyl sites for hydroxylation is 1. The first-order valence-corrected chi connectivity index (χ1v) is 8.93.